The third-order valence-corrected chi connectivity index (χ3v) is 2.42. The average molecular weight is 203 g/mol. The number of imidazole rings is 1. The summed E-state index contributed by atoms with van der Waals surface area (Å²) in [5.74, 6) is 0.642. The molecule has 2 heterocycles. The fraction of sp³-hybridized carbons (Fsp3) is 0.417. The van der Waals surface area contributed by atoms with Crippen LogP contribution in [-0.4, -0.2) is 9.38 Å². The van der Waals surface area contributed by atoms with Crippen LogP contribution in [0.25, 0.3) is 5.65 Å². The number of pyridine rings is 1. The van der Waals surface area contributed by atoms with Crippen LogP contribution in [0.5, 0.6) is 0 Å². The van der Waals surface area contributed by atoms with E-state index in [1.807, 2.05) is 18.3 Å². The van der Waals surface area contributed by atoms with Crippen molar-refractivity contribution in [3.05, 3.63) is 35.8 Å². The second-order valence-electron chi connectivity index (χ2n) is 4.34. The summed E-state index contributed by atoms with van der Waals surface area (Å²) in [5, 5.41) is 0. The van der Waals surface area contributed by atoms with Crippen LogP contribution in [0.3, 0.4) is 0 Å². The van der Waals surface area contributed by atoms with E-state index in [4.69, 9.17) is 5.73 Å². The van der Waals surface area contributed by atoms with Crippen molar-refractivity contribution < 1.29 is 0 Å². The van der Waals surface area contributed by atoms with Gasteiger partial charge in [0.2, 0.25) is 0 Å². The van der Waals surface area contributed by atoms with E-state index in [1.54, 1.807) is 0 Å². The molecule has 0 radical (unpaired) electrons. The zero-order valence-corrected chi connectivity index (χ0v) is 9.27. The highest BCUT2D eigenvalue weighted by Gasteiger charge is 2.03. The van der Waals surface area contributed by atoms with Gasteiger partial charge in [-0.05, 0) is 24.0 Å². The van der Waals surface area contributed by atoms with Gasteiger partial charge in [0.25, 0.3) is 0 Å². The van der Waals surface area contributed by atoms with E-state index in [0.29, 0.717) is 12.5 Å². The molecule has 0 atom stereocenters. The van der Waals surface area contributed by atoms with E-state index in [1.165, 1.54) is 0 Å². The lowest BCUT2D eigenvalue weighted by Crippen LogP contribution is -1.97. The van der Waals surface area contributed by atoms with Crippen LogP contribution in [0.1, 0.15) is 25.1 Å². The number of nitrogens with zero attached hydrogens (tertiary/aromatic N) is 2. The van der Waals surface area contributed by atoms with Gasteiger partial charge in [-0.15, -0.1) is 0 Å². The molecule has 2 aromatic heterocycles. The Labute approximate surface area is 89.9 Å². The highest BCUT2D eigenvalue weighted by molar-refractivity contribution is 5.41. The average Bonchev–Trinajstić information content (AvgIpc) is 2.57. The number of hydrogen-bond acceptors (Lipinski definition) is 2. The fourth-order valence-corrected chi connectivity index (χ4v) is 1.73. The first kappa shape index (κ1) is 10.2. The van der Waals surface area contributed by atoms with Crippen LogP contribution >= 0.6 is 0 Å². The number of rotatable bonds is 3. The third-order valence-electron chi connectivity index (χ3n) is 2.42. The Morgan fingerprint density at radius 1 is 1.33 bits per heavy atom. The molecule has 2 rings (SSSR count). The number of nitrogens with two attached hydrogens (primary N) is 1. The van der Waals surface area contributed by atoms with Crippen molar-refractivity contribution in [3.63, 3.8) is 0 Å². The fourth-order valence-electron chi connectivity index (χ4n) is 1.73. The molecule has 80 valence electrons. The maximum absolute atomic E-state index is 5.59. The van der Waals surface area contributed by atoms with Gasteiger partial charge < -0.3 is 10.1 Å². The van der Waals surface area contributed by atoms with Crippen LogP contribution in [0.2, 0.25) is 0 Å². The largest absolute Gasteiger partial charge is 0.326 e. The van der Waals surface area contributed by atoms with Gasteiger partial charge in [0, 0.05) is 18.9 Å². The summed E-state index contributed by atoms with van der Waals surface area (Å²) in [7, 11) is 0. The van der Waals surface area contributed by atoms with Crippen LogP contribution in [0.4, 0.5) is 0 Å². The number of fused-ring (bicyclic) bond motifs is 1. The van der Waals surface area contributed by atoms with E-state index in [2.05, 4.69) is 29.4 Å². The molecule has 2 N–H and O–H groups in total. The predicted molar refractivity (Wildman–Crippen MR) is 61.6 cm³/mol. The summed E-state index contributed by atoms with van der Waals surface area (Å²) in [6, 6.07) is 4.05. The Balaban J connectivity index is 2.37. The standard InChI is InChI=1S/C12H17N3/c1-9(2)5-11-8-15-7-10(6-13)3-4-12(15)14-11/h3-4,7-9H,5-6,13H2,1-2H3. The molecule has 0 bridgehead atoms. The summed E-state index contributed by atoms with van der Waals surface area (Å²) in [5.41, 5.74) is 8.88. The summed E-state index contributed by atoms with van der Waals surface area (Å²) in [6.45, 7) is 4.98. The Hall–Kier alpha value is -1.35. The van der Waals surface area contributed by atoms with Crippen molar-refractivity contribution in [1.29, 1.82) is 0 Å². The van der Waals surface area contributed by atoms with Crippen molar-refractivity contribution in [3.8, 4) is 0 Å². The molecule has 0 saturated carbocycles. The quantitative estimate of drug-likeness (QED) is 0.829. The monoisotopic (exact) mass is 203 g/mol. The van der Waals surface area contributed by atoms with E-state index >= 15 is 0 Å². The highest BCUT2D eigenvalue weighted by Crippen LogP contribution is 2.10. The number of hydrogen-bond donors (Lipinski definition) is 1. The van der Waals surface area contributed by atoms with Gasteiger partial charge in [-0.3, -0.25) is 0 Å². The molecule has 3 heteroatoms. The Kier molecular flexibility index (Phi) is 2.73. The lowest BCUT2D eigenvalue weighted by Gasteiger charge is -1.98. The van der Waals surface area contributed by atoms with E-state index in [-0.39, 0.29) is 0 Å². The van der Waals surface area contributed by atoms with Gasteiger partial charge >= 0.3 is 0 Å². The minimum atomic E-state index is 0.577. The van der Waals surface area contributed by atoms with E-state index in [0.717, 1.165) is 23.3 Å². The zero-order valence-electron chi connectivity index (χ0n) is 9.27. The molecule has 0 unspecified atom stereocenters. The van der Waals surface area contributed by atoms with Crippen molar-refractivity contribution in [2.75, 3.05) is 0 Å². The minimum Gasteiger partial charge on any atom is -0.326 e. The Morgan fingerprint density at radius 2 is 2.13 bits per heavy atom. The summed E-state index contributed by atoms with van der Waals surface area (Å²) < 4.78 is 2.06. The van der Waals surface area contributed by atoms with Crippen molar-refractivity contribution in [2.45, 2.75) is 26.8 Å². The maximum Gasteiger partial charge on any atom is 0.136 e. The first-order valence-electron chi connectivity index (χ1n) is 5.35. The van der Waals surface area contributed by atoms with Crippen LogP contribution in [0.15, 0.2) is 24.5 Å². The normalized spacial score (nSPS) is 11.5. The molecular weight excluding hydrogens is 186 g/mol. The first-order chi connectivity index (χ1) is 7.19. The Bertz CT molecular complexity index is 457. The lowest BCUT2D eigenvalue weighted by molar-refractivity contribution is 0.638. The molecular formula is C12H17N3. The van der Waals surface area contributed by atoms with E-state index < -0.39 is 0 Å². The molecule has 0 spiro atoms. The van der Waals surface area contributed by atoms with Crippen molar-refractivity contribution >= 4 is 5.65 Å². The van der Waals surface area contributed by atoms with E-state index in [9.17, 15) is 0 Å². The second kappa shape index (κ2) is 4.03. The molecule has 0 aromatic carbocycles. The van der Waals surface area contributed by atoms with Crippen LogP contribution in [0, 0.1) is 5.92 Å². The number of aromatic nitrogens is 2. The Morgan fingerprint density at radius 3 is 2.80 bits per heavy atom. The van der Waals surface area contributed by atoms with Gasteiger partial charge in [-0.1, -0.05) is 19.9 Å². The SMILES string of the molecule is CC(C)Cc1cn2cc(CN)ccc2n1. The van der Waals surface area contributed by atoms with Crippen molar-refractivity contribution in [1.82, 2.24) is 9.38 Å². The van der Waals surface area contributed by atoms with Gasteiger partial charge in [-0.2, -0.15) is 0 Å². The van der Waals surface area contributed by atoms with Gasteiger partial charge in [0.05, 0.1) is 5.69 Å². The molecule has 2 aromatic rings. The third kappa shape index (κ3) is 2.18. The topological polar surface area (TPSA) is 43.3 Å². The van der Waals surface area contributed by atoms with Gasteiger partial charge in [0.1, 0.15) is 5.65 Å². The predicted octanol–water partition coefficient (Wildman–Crippen LogP) is 1.99. The van der Waals surface area contributed by atoms with Crippen LogP contribution < -0.4 is 5.73 Å². The molecule has 0 aliphatic rings. The molecule has 3 nitrogen and oxygen atoms in total. The molecule has 0 aliphatic carbocycles. The molecule has 0 amide bonds. The van der Waals surface area contributed by atoms with Gasteiger partial charge in [-0.25, -0.2) is 4.98 Å². The summed E-state index contributed by atoms with van der Waals surface area (Å²) in [6.07, 6.45) is 5.17. The molecule has 0 aliphatic heterocycles. The van der Waals surface area contributed by atoms with Crippen molar-refractivity contribution in [2.24, 2.45) is 11.7 Å². The highest BCUT2D eigenvalue weighted by atomic mass is 15.0. The van der Waals surface area contributed by atoms with Crippen LogP contribution in [-0.2, 0) is 13.0 Å². The summed E-state index contributed by atoms with van der Waals surface area (Å²) >= 11 is 0. The molecule has 0 saturated heterocycles. The van der Waals surface area contributed by atoms with Gasteiger partial charge in [0.15, 0.2) is 0 Å². The lowest BCUT2D eigenvalue weighted by atomic mass is 10.1. The first-order valence-corrected chi connectivity index (χ1v) is 5.35. The second-order valence-corrected chi connectivity index (χ2v) is 4.34. The molecule has 0 fully saturated rings. The molecule has 15 heavy (non-hydrogen) atoms. The smallest absolute Gasteiger partial charge is 0.136 e. The minimum absolute atomic E-state index is 0.577. The maximum atomic E-state index is 5.59. The zero-order chi connectivity index (χ0) is 10.8. The summed E-state index contributed by atoms with van der Waals surface area (Å²) in [4.78, 5) is 4.55.